The Morgan fingerprint density at radius 2 is 2.21 bits per heavy atom. The molecule has 7 nitrogen and oxygen atoms in total. The first kappa shape index (κ1) is 13.3. The fourth-order valence-electron chi connectivity index (χ4n) is 1.71. The molecular formula is C12H14N2O5. The number of phenolic OH excluding ortho intramolecular Hbond substituents is 1. The molecule has 0 saturated heterocycles. The molecule has 0 aliphatic heterocycles. The molecule has 2 N–H and O–H groups in total. The van der Waals surface area contributed by atoms with Crippen molar-refractivity contribution in [2.45, 2.75) is 6.73 Å². The molecule has 102 valence electrons. The van der Waals surface area contributed by atoms with Gasteiger partial charge in [0.15, 0.2) is 5.69 Å². The van der Waals surface area contributed by atoms with E-state index in [0.29, 0.717) is 24.1 Å². The van der Waals surface area contributed by atoms with Crippen LogP contribution < -0.4 is 0 Å². The second-order valence-corrected chi connectivity index (χ2v) is 3.88. The van der Waals surface area contributed by atoms with Crippen LogP contribution in [0.1, 0.15) is 10.5 Å². The van der Waals surface area contributed by atoms with Crippen LogP contribution in [0.2, 0.25) is 0 Å². The Morgan fingerprint density at radius 3 is 2.89 bits per heavy atom. The van der Waals surface area contributed by atoms with Gasteiger partial charge in [-0.15, -0.1) is 0 Å². The van der Waals surface area contributed by atoms with Gasteiger partial charge < -0.3 is 19.7 Å². The maximum Gasteiger partial charge on any atom is 0.357 e. The number of fused-ring (bicyclic) bond motifs is 1. The second kappa shape index (κ2) is 5.68. The van der Waals surface area contributed by atoms with Crippen LogP contribution in [-0.2, 0) is 16.2 Å². The SMILES string of the molecule is COCCOCn1nc(C(=O)O)c2ccc(O)cc21. The molecule has 0 saturated carbocycles. The Balaban J connectivity index is 2.31. The maximum atomic E-state index is 11.1. The summed E-state index contributed by atoms with van der Waals surface area (Å²) in [6, 6.07) is 4.40. The lowest BCUT2D eigenvalue weighted by atomic mass is 10.2. The summed E-state index contributed by atoms with van der Waals surface area (Å²) in [6.45, 7) is 0.909. The highest BCUT2D eigenvalue weighted by molar-refractivity contribution is 6.01. The van der Waals surface area contributed by atoms with Gasteiger partial charge in [-0.2, -0.15) is 5.10 Å². The minimum atomic E-state index is -1.12. The van der Waals surface area contributed by atoms with E-state index in [-0.39, 0.29) is 18.2 Å². The van der Waals surface area contributed by atoms with Crippen LogP contribution in [0.5, 0.6) is 5.75 Å². The molecule has 0 fully saturated rings. The molecule has 0 aliphatic carbocycles. The Bertz CT molecular complexity index is 593. The lowest BCUT2D eigenvalue weighted by Crippen LogP contribution is -2.09. The molecule has 0 spiro atoms. The summed E-state index contributed by atoms with van der Waals surface area (Å²) >= 11 is 0. The van der Waals surface area contributed by atoms with Crippen LogP contribution in [0.4, 0.5) is 0 Å². The number of carbonyl (C=O) groups is 1. The van der Waals surface area contributed by atoms with Crippen molar-refractivity contribution in [3.05, 3.63) is 23.9 Å². The molecule has 19 heavy (non-hydrogen) atoms. The standard InChI is InChI=1S/C12H14N2O5/c1-18-4-5-19-7-14-10-6-8(15)2-3-9(10)11(13-14)12(16)17/h2-3,6,15H,4-5,7H2,1H3,(H,16,17). The smallest absolute Gasteiger partial charge is 0.357 e. The number of carboxylic acid groups (broad SMARTS) is 1. The van der Waals surface area contributed by atoms with Gasteiger partial charge in [-0.3, -0.25) is 0 Å². The Hall–Kier alpha value is -2.12. The summed E-state index contributed by atoms with van der Waals surface area (Å²) in [5, 5.41) is 23.0. The van der Waals surface area contributed by atoms with E-state index in [2.05, 4.69) is 5.10 Å². The highest BCUT2D eigenvalue weighted by Crippen LogP contribution is 2.23. The van der Waals surface area contributed by atoms with Gasteiger partial charge in [-0.05, 0) is 12.1 Å². The van der Waals surface area contributed by atoms with E-state index in [1.807, 2.05) is 0 Å². The number of nitrogens with zero attached hydrogens (tertiary/aromatic N) is 2. The summed E-state index contributed by atoms with van der Waals surface area (Å²) in [7, 11) is 1.56. The molecule has 1 aromatic carbocycles. The average Bonchev–Trinajstić information content (AvgIpc) is 2.73. The van der Waals surface area contributed by atoms with Gasteiger partial charge in [0, 0.05) is 18.6 Å². The number of benzene rings is 1. The number of rotatable bonds is 6. The third-order valence-electron chi connectivity index (χ3n) is 2.58. The van der Waals surface area contributed by atoms with Crippen molar-refractivity contribution in [3.8, 4) is 5.75 Å². The minimum Gasteiger partial charge on any atom is -0.508 e. The number of hydrogen-bond acceptors (Lipinski definition) is 5. The van der Waals surface area contributed by atoms with E-state index in [1.54, 1.807) is 7.11 Å². The van der Waals surface area contributed by atoms with E-state index >= 15 is 0 Å². The Labute approximate surface area is 109 Å². The van der Waals surface area contributed by atoms with E-state index < -0.39 is 5.97 Å². The predicted octanol–water partition coefficient (Wildman–Crippen LogP) is 1.06. The molecular weight excluding hydrogens is 252 g/mol. The number of ether oxygens (including phenoxy) is 2. The Kier molecular flexibility index (Phi) is 3.98. The second-order valence-electron chi connectivity index (χ2n) is 3.88. The summed E-state index contributed by atoms with van der Waals surface area (Å²) in [6.07, 6.45) is 0. The molecule has 0 unspecified atom stereocenters. The monoisotopic (exact) mass is 266 g/mol. The molecule has 0 atom stereocenters. The van der Waals surface area contributed by atoms with Gasteiger partial charge in [0.05, 0.1) is 18.7 Å². The first-order valence-electron chi connectivity index (χ1n) is 5.63. The zero-order chi connectivity index (χ0) is 13.8. The van der Waals surface area contributed by atoms with Gasteiger partial charge in [-0.1, -0.05) is 0 Å². The number of carboxylic acids is 1. The van der Waals surface area contributed by atoms with E-state index in [4.69, 9.17) is 14.6 Å². The molecule has 1 aromatic heterocycles. The van der Waals surface area contributed by atoms with Crippen molar-refractivity contribution in [1.29, 1.82) is 0 Å². The fraction of sp³-hybridized carbons (Fsp3) is 0.333. The molecule has 1 heterocycles. The summed E-state index contributed by atoms with van der Waals surface area (Å²) in [5.41, 5.74) is 0.445. The molecule has 0 amide bonds. The van der Waals surface area contributed by atoms with Crippen molar-refractivity contribution < 1.29 is 24.5 Å². The number of aromatic hydroxyl groups is 1. The van der Waals surface area contributed by atoms with Gasteiger partial charge in [0.1, 0.15) is 12.5 Å². The van der Waals surface area contributed by atoms with E-state index in [0.717, 1.165) is 0 Å². The lowest BCUT2D eigenvalue weighted by Gasteiger charge is -2.05. The van der Waals surface area contributed by atoms with Crippen molar-refractivity contribution in [3.63, 3.8) is 0 Å². The maximum absolute atomic E-state index is 11.1. The van der Waals surface area contributed by atoms with Gasteiger partial charge in [-0.25, -0.2) is 9.48 Å². The molecule has 2 aromatic rings. The molecule has 0 bridgehead atoms. The van der Waals surface area contributed by atoms with Gasteiger partial charge >= 0.3 is 5.97 Å². The van der Waals surface area contributed by atoms with E-state index in [9.17, 15) is 9.90 Å². The third-order valence-corrected chi connectivity index (χ3v) is 2.58. The zero-order valence-electron chi connectivity index (χ0n) is 10.4. The van der Waals surface area contributed by atoms with Crippen LogP contribution in [0.15, 0.2) is 18.2 Å². The third kappa shape index (κ3) is 2.83. The van der Waals surface area contributed by atoms with Gasteiger partial charge in [0.25, 0.3) is 0 Å². The predicted molar refractivity (Wildman–Crippen MR) is 66.2 cm³/mol. The van der Waals surface area contributed by atoms with Gasteiger partial charge in [0.2, 0.25) is 0 Å². The quantitative estimate of drug-likeness (QED) is 0.759. The van der Waals surface area contributed by atoms with Crippen molar-refractivity contribution in [2.75, 3.05) is 20.3 Å². The van der Waals surface area contributed by atoms with Crippen molar-refractivity contribution in [2.24, 2.45) is 0 Å². The number of aromatic nitrogens is 2. The molecule has 2 rings (SSSR count). The average molecular weight is 266 g/mol. The summed E-state index contributed by atoms with van der Waals surface area (Å²) < 4.78 is 11.5. The van der Waals surface area contributed by atoms with E-state index in [1.165, 1.54) is 22.9 Å². The molecule has 0 radical (unpaired) electrons. The minimum absolute atomic E-state index is 0.0440. The lowest BCUT2D eigenvalue weighted by molar-refractivity contribution is 0.0304. The van der Waals surface area contributed by atoms with Crippen LogP contribution in [-0.4, -0.2) is 46.3 Å². The normalized spacial score (nSPS) is 11.0. The largest absolute Gasteiger partial charge is 0.508 e. The number of hydrogen-bond donors (Lipinski definition) is 2. The number of methoxy groups -OCH3 is 1. The Morgan fingerprint density at radius 1 is 1.42 bits per heavy atom. The highest BCUT2D eigenvalue weighted by Gasteiger charge is 2.16. The molecule has 0 aliphatic rings. The number of phenols is 1. The van der Waals surface area contributed by atoms with Crippen LogP contribution in [0, 0.1) is 0 Å². The van der Waals surface area contributed by atoms with Crippen molar-refractivity contribution >= 4 is 16.9 Å². The highest BCUT2D eigenvalue weighted by atomic mass is 16.5. The first-order valence-corrected chi connectivity index (χ1v) is 5.63. The fourth-order valence-corrected chi connectivity index (χ4v) is 1.71. The summed E-state index contributed by atoms with van der Waals surface area (Å²) in [4.78, 5) is 11.1. The van der Waals surface area contributed by atoms with Crippen LogP contribution in [0.3, 0.4) is 0 Å². The van der Waals surface area contributed by atoms with Crippen LogP contribution >= 0.6 is 0 Å². The number of aromatic carboxylic acids is 1. The van der Waals surface area contributed by atoms with Crippen LogP contribution in [0.25, 0.3) is 10.9 Å². The first-order chi connectivity index (χ1) is 9.13. The molecule has 7 heteroatoms. The topological polar surface area (TPSA) is 93.8 Å². The summed E-state index contributed by atoms with van der Waals surface area (Å²) in [5.74, 6) is -1.08. The zero-order valence-corrected chi connectivity index (χ0v) is 10.4. The van der Waals surface area contributed by atoms with Crippen molar-refractivity contribution in [1.82, 2.24) is 9.78 Å².